The molecule has 1 fully saturated rings. The van der Waals surface area contributed by atoms with Crippen molar-refractivity contribution in [1.82, 2.24) is 4.90 Å². The molecule has 0 spiro atoms. The number of nitrogens with zero attached hydrogens (tertiary/aromatic N) is 1. The Bertz CT molecular complexity index is 1050. The number of amides is 1. The number of likely N-dealkylation sites (tertiary alicyclic amines) is 1. The molecular formula is C19H20ClNO5S2. The van der Waals surface area contributed by atoms with E-state index in [0.29, 0.717) is 18.0 Å². The molecule has 0 aliphatic carbocycles. The van der Waals surface area contributed by atoms with Gasteiger partial charge < -0.3 is 4.90 Å². The molecule has 3 rings (SSSR count). The van der Waals surface area contributed by atoms with E-state index in [1.54, 1.807) is 18.2 Å². The molecule has 150 valence electrons. The van der Waals surface area contributed by atoms with Crippen LogP contribution in [0.1, 0.15) is 12.8 Å². The molecule has 0 aromatic heterocycles. The van der Waals surface area contributed by atoms with Crippen LogP contribution in [0.4, 0.5) is 0 Å². The van der Waals surface area contributed by atoms with E-state index in [-0.39, 0.29) is 34.4 Å². The minimum absolute atomic E-state index is 0.0647. The highest BCUT2D eigenvalue weighted by atomic mass is 35.5. The summed E-state index contributed by atoms with van der Waals surface area (Å²) in [5, 5.41) is -0.259. The molecule has 1 aliphatic heterocycles. The minimum atomic E-state index is -3.58. The summed E-state index contributed by atoms with van der Waals surface area (Å²) in [6, 6.07) is 13.9. The van der Waals surface area contributed by atoms with Crippen LogP contribution in [0.3, 0.4) is 0 Å². The van der Waals surface area contributed by atoms with E-state index >= 15 is 0 Å². The largest absolute Gasteiger partial charge is 0.341 e. The van der Waals surface area contributed by atoms with Crippen molar-refractivity contribution in [2.75, 3.05) is 18.8 Å². The van der Waals surface area contributed by atoms with Gasteiger partial charge in [0.05, 0.1) is 20.8 Å². The summed E-state index contributed by atoms with van der Waals surface area (Å²) in [6.45, 7) is 0.358. The zero-order chi connectivity index (χ0) is 20.4. The molecule has 6 nitrogen and oxygen atoms in total. The van der Waals surface area contributed by atoms with Gasteiger partial charge in [0.15, 0.2) is 19.7 Å². The first kappa shape index (κ1) is 20.8. The highest BCUT2D eigenvalue weighted by Gasteiger charge is 2.36. The van der Waals surface area contributed by atoms with Crippen LogP contribution >= 0.6 is 11.6 Å². The number of carbonyl (C=O) groups excluding carboxylic acids is 1. The monoisotopic (exact) mass is 441 g/mol. The molecule has 1 unspecified atom stereocenters. The SMILES string of the molecule is O=C(CCS(=O)(=O)c1ccccc1)N1CCC(S(=O)(=O)c2ccc(Cl)cc2)C1. The maximum Gasteiger partial charge on any atom is 0.223 e. The Balaban J connectivity index is 1.62. The van der Waals surface area contributed by atoms with Crippen molar-refractivity contribution in [1.29, 1.82) is 0 Å². The number of carbonyl (C=O) groups is 1. The predicted octanol–water partition coefficient (Wildman–Crippen LogP) is 2.58. The van der Waals surface area contributed by atoms with E-state index in [0.717, 1.165) is 0 Å². The normalized spacial score (nSPS) is 17.6. The summed E-state index contributed by atoms with van der Waals surface area (Å²) in [5.41, 5.74) is 0. The van der Waals surface area contributed by atoms with Crippen molar-refractivity contribution in [2.24, 2.45) is 0 Å². The van der Waals surface area contributed by atoms with Gasteiger partial charge in [0.1, 0.15) is 0 Å². The average molecular weight is 442 g/mol. The van der Waals surface area contributed by atoms with Gasteiger partial charge in [-0.05, 0) is 42.8 Å². The van der Waals surface area contributed by atoms with E-state index in [9.17, 15) is 21.6 Å². The zero-order valence-corrected chi connectivity index (χ0v) is 17.4. The Labute approximate surface area is 170 Å². The van der Waals surface area contributed by atoms with Crippen molar-refractivity contribution in [2.45, 2.75) is 27.9 Å². The molecule has 0 bridgehead atoms. The van der Waals surface area contributed by atoms with Crippen LogP contribution in [0.15, 0.2) is 64.4 Å². The maximum absolute atomic E-state index is 12.7. The van der Waals surface area contributed by atoms with Crippen molar-refractivity contribution in [3.05, 3.63) is 59.6 Å². The Morgan fingerprint density at radius 2 is 1.61 bits per heavy atom. The number of hydrogen-bond donors (Lipinski definition) is 0. The lowest BCUT2D eigenvalue weighted by atomic mass is 10.4. The second-order valence-corrected chi connectivity index (χ2v) is 11.4. The van der Waals surface area contributed by atoms with Gasteiger partial charge >= 0.3 is 0 Å². The smallest absolute Gasteiger partial charge is 0.223 e. The third-order valence-corrected chi connectivity index (χ3v) is 8.94. The van der Waals surface area contributed by atoms with E-state index in [2.05, 4.69) is 0 Å². The van der Waals surface area contributed by atoms with Gasteiger partial charge in [0, 0.05) is 24.5 Å². The van der Waals surface area contributed by atoms with Gasteiger partial charge in [0.25, 0.3) is 0 Å². The molecule has 0 radical (unpaired) electrons. The molecule has 1 atom stereocenters. The third-order valence-electron chi connectivity index (χ3n) is 4.77. The number of benzene rings is 2. The molecule has 0 N–H and O–H groups in total. The van der Waals surface area contributed by atoms with Crippen LogP contribution in [0.2, 0.25) is 5.02 Å². The molecule has 1 amide bonds. The molecule has 1 saturated heterocycles. The quantitative estimate of drug-likeness (QED) is 0.687. The van der Waals surface area contributed by atoms with Crippen molar-refractivity contribution >= 4 is 37.2 Å². The lowest BCUT2D eigenvalue weighted by Crippen LogP contribution is -2.32. The molecule has 2 aromatic rings. The lowest BCUT2D eigenvalue weighted by Gasteiger charge is -2.17. The first-order valence-corrected chi connectivity index (χ1v) is 12.3. The lowest BCUT2D eigenvalue weighted by molar-refractivity contribution is -0.129. The van der Waals surface area contributed by atoms with Crippen molar-refractivity contribution in [3.8, 4) is 0 Å². The van der Waals surface area contributed by atoms with Crippen molar-refractivity contribution < 1.29 is 21.6 Å². The summed E-state index contributed by atoms with van der Waals surface area (Å²) in [6.07, 6.45) is 0.146. The highest BCUT2D eigenvalue weighted by molar-refractivity contribution is 7.92. The molecule has 28 heavy (non-hydrogen) atoms. The average Bonchev–Trinajstić information content (AvgIpc) is 3.18. The van der Waals surface area contributed by atoms with Gasteiger partial charge in [-0.2, -0.15) is 0 Å². The fourth-order valence-electron chi connectivity index (χ4n) is 3.15. The van der Waals surface area contributed by atoms with Crippen molar-refractivity contribution in [3.63, 3.8) is 0 Å². The van der Waals surface area contributed by atoms with E-state index in [4.69, 9.17) is 11.6 Å². The summed E-state index contributed by atoms with van der Waals surface area (Å²) in [7, 11) is -7.13. The highest BCUT2D eigenvalue weighted by Crippen LogP contribution is 2.25. The number of hydrogen-bond acceptors (Lipinski definition) is 5. The Morgan fingerprint density at radius 3 is 2.25 bits per heavy atom. The van der Waals surface area contributed by atoms with Crippen LogP contribution in [0.5, 0.6) is 0 Å². The number of halogens is 1. The van der Waals surface area contributed by atoms with Gasteiger partial charge in [-0.3, -0.25) is 4.79 Å². The van der Waals surface area contributed by atoms with E-state index in [1.807, 2.05) is 0 Å². The van der Waals surface area contributed by atoms with E-state index in [1.165, 1.54) is 41.3 Å². The predicted molar refractivity (Wildman–Crippen MR) is 107 cm³/mol. The van der Waals surface area contributed by atoms with Gasteiger partial charge in [0.2, 0.25) is 5.91 Å². The Hall–Kier alpha value is -1.90. The van der Waals surface area contributed by atoms with Crippen LogP contribution in [0.25, 0.3) is 0 Å². The fourth-order valence-corrected chi connectivity index (χ4v) is 6.22. The molecule has 1 heterocycles. The minimum Gasteiger partial charge on any atom is -0.341 e. The van der Waals surface area contributed by atoms with Crippen LogP contribution in [-0.2, 0) is 24.5 Å². The molecule has 1 aliphatic rings. The maximum atomic E-state index is 12.7. The van der Waals surface area contributed by atoms with Crippen LogP contribution in [0, 0.1) is 0 Å². The molecule has 9 heteroatoms. The number of rotatable bonds is 6. The Morgan fingerprint density at radius 1 is 0.964 bits per heavy atom. The van der Waals surface area contributed by atoms with Crippen LogP contribution in [-0.4, -0.2) is 51.7 Å². The van der Waals surface area contributed by atoms with Crippen LogP contribution < -0.4 is 0 Å². The molecule has 0 saturated carbocycles. The second kappa shape index (κ2) is 8.23. The fraction of sp³-hybridized carbons (Fsp3) is 0.316. The summed E-state index contributed by atoms with van der Waals surface area (Å²) >= 11 is 5.81. The Kier molecular flexibility index (Phi) is 6.12. The zero-order valence-electron chi connectivity index (χ0n) is 15.0. The standard InChI is InChI=1S/C19H20ClNO5S2/c20-15-6-8-17(9-7-15)28(25,26)18-10-12-21(14-18)19(22)11-13-27(23,24)16-4-2-1-3-5-16/h1-9,18H,10-14H2. The first-order chi connectivity index (χ1) is 13.2. The molecule has 2 aromatic carbocycles. The first-order valence-electron chi connectivity index (χ1n) is 8.75. The summed E-state index contributed by atoms with van der Waals surface area (Å²) in [4.78, 5) is 14.2. The van der Waals surface area contributed by atoms with Gasteiger partial charge in [-0.15, -0.1) is 0 Å². The van der Waals surface area contributed by atoms with E-state index < -0.39 is 24.9 Å². The number of sulfone groups is 2. The second-order valence-electron chi connectivity index (χ2n) is 6.63. The summed E-state index contributed by atoms with van der Waals surface area (Å²) in [5.74, 6) is -0.658. The molecular weight excluding hydrogens is 422 g/mol. The third kappa shape index (κ3) is 4.56. The van der Waals surface area contributed by atoms with Gasteiger partial charge in [-0.1, -0.05) is 29.8 Å². The topological polar surface area (TPSA) is 88.6 Å². The van der Waals surface area contributed by atoms with Gasteiger partial charge in [-0.25, -0.2) is 16.8 Å². The summed E-state index contributed by atoms with van der Waals surface area (Å²) < 4.78 is 50.1.